The Morgan fingerprint density at radius 2 is 1.46 bits per heavy atom. The Balaban J connectivity index is 0.842. The zero-order valence-electron chi connectivity index (χ0n) is 40.1. The van der Waals surface area contributed by atoms with Crippen molar-refractivity contribution in [2.75, 3.05) is 64.9 Å². The summed E-state index contributed by atoms with van der Waals surface area (Å²) in [5.74, 6) is 1.30. The van der Waals surface area contributed by atoms with Crippen LogP contribution >= 0.6 is 23.4 Å². The molecular formula is C55H63ClN6O5S2. The van der Waals surface area contributed by atoms with Crippen LogP contribution in [0, 0.1) is 19.8 Å². The molecule has 4 N–H and O–H groups in total. The standard InChI is InChI=1S/C55H63ClN6O5S2/c1-37-30-48(24-25-49(37)57-44(19-14-39-32-54(3,64)33-39)34-68-47-12-7-6-8-13-47)69(66,67)58-43-20-22-45(23-21-43)60-26-28-61(29-27-60)46-11-9-10-41(31-46)51-50(53(63)62-35-55(4,65)36-62)38(2)59(5)52(51)40-15-17-42(56)18-16-40/h6-13,15-18,20-25,30-31,39,44,57-58,64-65H,14,19,26-29,32-36H2,1-5H3/t39?,44-,54?/m1/s1. The molecule has 1 atom stereocenters. The highest BCUT2D eigenvalue weighted by Gasteiger charge is 2.42. The minimum atomic E-state index is -3.86. The van der Waals surface area contributed by atoms with Gasteiger partial charge in [-0.1, -0.05) is 54.1 Å². The average Bonchev–Trinajstić information content (AvgIpc) is 3.58. The van der Waals surface area contributed by atoms with E-state index in [9.17, 15) is 23.4 Å². The Kier molecular flexibility index (Phi) is 13.9. The summed E-state index contributed by atoms with van der Waals surface area (Å²) in [4.78, 5) is 22.0. The number of sulfonamides is 1. The van der Waals surface area contributed by atoms with E-state index in [0.29, 0.717) is 22.2 Å². The first-order chi connectivity index (χ1) is 32.9. The number of carbonyl (C=O) groups is 1. The largest absolute Gasteiger partial charge is 0.390 e. The predicted octanol–water partition coefficient (Wildman–Crippen LogP) is 10.5. The third kappa shape index (κ3) is 11.0. The van der Waals surface area contributed by atoms with E-state index >= 15 is 0 Å². The maximum Gasteiger partial charge on any atom is 0.261 e. The van der Waals surface area contributed by atoms with Crippen LogP contribution in [0.1, 0.15) is 61.1 Å². The summed E-state index contributed by atoms with van der Waals surface area (Å²) < 4.78 is 32.3. The summed E-state index contributed by atoms with van der Waals surface area (Å²) >= 11 is 8.12. The van der Waals surface area contributed by atoms with Gasteiger partial charge in [-0.15, -0.1) is 11.8 Å². The van der Waals surface area contributed by atoms with Crippen LogP contribution in [0.25, 0.3) is 22.4 Å². The van der Waals surface area contributed by atoms with Crippen LogP contribution < -0.4 is 19.8 Å². The van der Waals surface area contributed by atoms with Crippen molar-refractivity contribution >= 4 is 62.0 Å². The third-order valence-corrected chi connectivity index (χ3v) is 16.9. The molecule has 362 valence electrons. The number of amides is 1. The lowest BCUT2D eigenvalue weighted by molar-refractivity contribution is -0.0668. The number of carbonyl (C=O) groups excluding carboxylic acids is 1. The fourth-order valence-electron chi connectivity index (χ4n) is 10.3. The molecule has 1 aliphatic carbocycles. The molecule has 0 unspecified atom stereocenters. The Morgan fingerprint density at radius 1 is 0.797 bits per heavy atom. The van der Waals surface area contributed by atoms with Gasteiger partial charge in [0.05, 0.1) is 40.4 Å². The van der Waals surface area contributed by atoms with Crippen molar-refractivity contribution in [2.45, 2.75) is 80.4 Å². The molecular weight excluding hydrogens is 924 g/mol. The molecule has 1 saturated carbocycles. The lowest BCUT2D eigenvalue weighted by atomic mass is 9.70. The molecule has 3 fully saturated rings. The van der Waals surface area contributed by atoms with Gasteiger partial charge >= 0.3 is 0 Å². The van der Waals surface area contributed by atoms with E-state index in [4.69, 9.17) is 11.6 Å². The number of benzene rings is 5. The maximum atomic E-state index is 14.2. The van der Waals surface area contributed by atoms with Gasteiger partial charge in [-0.25, -0.2) is 8.42 Å². The number of hydrogen-bond acceptors (Lipinski definition) is 9. The second-order valence-corrected chi connectivity index (χ2v) is 23.1. The minimum Gasteiger partial charge on any atom is -0.390 e. The van der Waals surface area contributed by atoms with E-state index in [1.165, 1.54) is 4.90 Å². The van der Waals surface area contributed by atoms with Gasteiger partial charge in [0.2, 0.25) is 0 Å². The number of aliphatic hydroxyl groups is 2. The Morgan fingerprint density at radius 3 is 2.10 bits per heavy atom. The van der Waals surface area contributed by atoms with Gasteiger partial charge in [0, 0.05) is 88.9 Å². The molecule has 6 aromatic rings. The lowest BCUT2D eigenvalue weighted by Crippen LogP contribution is -2.61. The first-order valence-electron chi connectivity index (χ1n) is 23.9. The fourth-order valence-corrected chi connectivity index (χ4v) is 12.6. The van der Waals surface area contributed by atoms with Crippen molar-refractivity contribution in [3.63, 3.8) is 0 Å². The molecule has 9 rings (SSSR count). The smallest absolute Gasteiger partial charge is 0.261 e. The van der Waals surface area contributed by atoms with Gasteiger partial charge < -0.3 is 34.8 Å². The molecule has 1 aromatic heterocycles. The molecule has 69 heavy (non-hydrogen) atoms. The summed E-state index contributed by atoms with van der Waals surface area (Å²) in [5.41, 5.74) is 8.09. The van der Waals surface area contributed by atoms with E-state index in [-0.39, 0.29) is 29.9 Å². The number of aryl methyl sites for hydroxylation is 1. The SMILES string of the molecule is Cc1cc(S(=O)(=O)Nc2ccc(N3CCN(c4cccc(-c5c(C(=O)N6CC(C)(O)C6)c(C)n(C)c5-c5ccc(Cl)cc5)c4)CC3)cc2)ccc1N[C@H](CCC1CC(C)(O)C1)CSc1ccccc1. The number of halogens is 1. The molecule has 14 heteroatoms. The van der Waals surface area contributed by atoms with Crippen LogP contribution in [0.3, 0.4) is 0 Å². The molecule has 1 amide bonds. The zero-order valence-corrected chi connectivity index (χ0v) is 42.5. The highest BCUT2D eigenvalue weighted by atomic mass is 35.5. The van der Waals surface area contributed by atoms with Gasteiger partial charge in [-0.3, -0.25) is 9.52 Å². The molecule has 11 nitrogen and oxygen atoms in total. The van der Waals surface area contributed by atoms with E-state index in [0.717, 1.165) is 108 Å². The van der Waals surface area contributed by atoms with Crippen LogP contribution in [-0.2, 0) is 17.1 Å². The summed E-state index contributed by atoms with van der Waals surface area (Å²) in [6, 6.07) is 39.5. The van der Waals surface area contributed by atoms with Crippen molar-refractivity contribution < 1.29 is 23.4 Å². The fraction of sp³-hybridized carbons (Fsp3) is 0.364. The number of β-amino-alcohol motifs (C(OH)–C–C–N with tert-alkyl or cyclic N) is 1. The van der Waals surface area contributed by atoms with Gasteiger partial charge in [0.1, 0.15) is 0 Å². The molecule has 2 aliphatic heterocycles. The number of nitrogens with one attached hydrogen (secondary N) is 2. The van der Waals surface area contributed by atoms with Crippen molar-refractivity contribution in [3.8, 4) is 22.4 Å². The highest BCUT2D eigenvalue weighted by molar-refractivity contribution is 7.99. The van der Waals surface area contributed by atoms with Crippen LogP contribution in [-0.4, -0.2) is 96.3 Å². The van der Waals surface area contributed by atoms with Crippen molar-refractivity contribution in [1.29, 1.82) is 0 Å². The van der Waals surface area contributed by atoms with Crippen LogP contribution in [0.15, 0.2) is 131 Å². The number of nitrogens with zero attached hydrogens (tertiary/aromatic N) is 4. The second-order valence-electron chi connectivity index (χ2n) is 19.9. The predicted molar refractivity (Wildman–Crippen MR) is 283 cm³/mol. The van der Waals surface area contributed by atoms with Crippen LogP contribution in [0.5, 0.6) is 0 Å². The Bertz CT molecular complexity index is 2900. The van der Waals surface area contributed by atoms with Gasteiger partial charge in [-0.05, 0) is 155 Å². The Hall–Kier alpha value is -5.44. The number of aromatic nitrogens is 1. The second kappa shape index (κ2) is 19.8. The van der Waals surface area contributed by atoms with Gasteiger partial charge in [0.15, 0.2) is 0 Å². The quantitative estimate of drug-likeness (QED) is 0.0701. The summed E-state index contributed by atoms with van der Waals surface area (Å²) in [5, 5.41) is 25.2. The molecule has 0 spiro atoms. The van der Waals surface area contributed by atoms with E-state index < -0.39 is 21.2 Å². The normalized spacial score (nSPS) is 19.4. The minimum absolute atomic E-state index is 0.0918. The van der Waals surface area contributed by atoms with Crippen molar-refractivity contribution in [1.82, 2.24) is 9.47 Å². The third-order valence-electron chi connectivity index (χ3n) is 14.1. The highest BCUT2D eigenvalue weighted by Crippen LogP contribution is 2.43. The Labute approximate surface area is 416 Å². The first-order valence-corrected chi connectivity index (χ1v) is 26.7. The monoisotopic (exact) mass is 986 g/mol. The first kappa shape index (κ1) is 48.6. The number of rotatable bonds is 16. The zero-order chi connectivity index (χ0) is 48.7. The summed E-state index contributed by atoms with van der Waals surface area (Å²) in [6.45, 7) is 11.2. The number of thioether (sulfide) groups is 1. The number of hydrogen-bond donors (Lipinski definition) is 4. The van der Waals surface area contributed by atoms with Gasteiger partial charge in [0.25, 0.3) is 15.9 Å². The average molecular weight is 988 g/mol. The molecule has 3 heterocycles. The number of piperazine rings is 1. The number of likely N-dealkylation sites (tertiary alicyclic amines) is 1. The van der Waals surface area contributed by atoms with E-state index in [1.807, 2.05) is 112 Å². The topological polar surface area (TPSA) is 130 Å². The van der Waals surface area contributed by atoms with Crippen LogP contribution in [0.4, 0.5) is 22.7 Å². The summed E-state index contributed by atoms with van der Waals surface area (Å²) in [6.07, 6.45) is 3.66. The molecule has 0 bridgehead atoms. The maximum absolute atomic E-state index is 14.2. The molecule has 3 aliphatic rings. The molecule has 0 radical (unpaired) electrons. The lowest BCUT2D eigenvalue weighted by Gasteiger charge is -2.44. The van der Waals surface area contributed by atoms with Crippen LogP contribution in [0.2, 0.25) is 5.02 Å². The van der Waals surface area contributed by atoms with Crippen molar-refractivity contribution in [2.24, 2.45) is 13.0 Å². The van der Waals surface area contributed by atoms with Crippen molar-refractivity contribution in [3.05, 3.63) is 143 Å². The van der Waals surface area contributed by atoms with Gasteiger partial charge in [-0.2, -0.15) is 0 Å². The van der Waals surface area contributed by atoms with E-state index in [1.54, 1.807) is 24.0 Å². The molecule has 2 saturated heterocycles. The van der Waals surface area contributed by atoms with E-state index in [2.05, 4.69) is 60.8 Å². The summed E-state index contributed by atoms with van der Waals surface area (Å²) in [7, 11) is -1.87. The number of anilines is 4. The molecule has 5 aromatic carbocycles.